The maximum Gasteiger partial charge on any atom is 0.143 e. The van der Waals surface area contributed by atoms with Crippen molar-refractivity contribution < 1.29 is 4.42 Å². The molecule has 0 fully saturated rings. The molecule has 0 bridgehead atoms. The molecule has 1 aromatic heterocycles. The van der Waals surface area contributed by atoms with E-state index in [2.05, 4.69) is 373 Å². The molecular weight excluding hydrogens is 1240 g/mol. The summed E-state index contributed by atoms with van der Waals surface area (Å²) in [6.45, 7) is 9.53. The van der Waals surface area contributed by atoms with Crippen LogP contribution < -0.4 is 0 Å². The number of hydrogen-bond donors (Lipinski definition) is 0. The summed E-state index contributed by atoms with van der Waals surface area (Å²) < 4.78 is 6.62. The third-order valence-electron chi connectivity index (χ3n) is 22.9. The fraction of sp³-hybridized carbons (Fsp3) is 0.0588. The number of benzene rings is 18. The largest absolute Gasteiger partial charge is 0.455 e. The molecule has 0 unspecified atom stereocenters. The number of fused-ring (bicyclic) bond motifs is 17. The Balaban J connectivity index is 0.000000138. The molecule has 18 aromatic carbocycles. The van der Waals surface area contributed by atoms with Gasteiger partial charge in [-0.3, -0.25) is 0 Å². The van der Waals surface area contributed by atoms with Gasteiger partial charge in [-0.25, -0.2) is 0 Å². The molecule has 0 saturated carbocycles. The van der Waals surface area contributed by atoms with Crippen LogP contribution in [-0.2, 0) is 10.8 Å². The smallest absolute Gasteiger partial charge is 0.143 e. The van der Waals surface area contributed by atoms with Crippen molar-refractivity contribution in [2.45, 2.75) is 38.5 Å². The highest BCUT2D eigenvalue weighted by atomic mass is 16.3. The maximum absolute atomic E-state index is 6.62. The highest BCUT2D eigenvalue weighted by molar-refractivity contribution is 6.25. The van der Waals surface area contributed by atoms with Gasteiger partial charge in [0.2, 0.25) is 0 Å². The normalized spacial score (nSPS) is 13.2. The molecule has 0 radical (unpaired) electrons. The molecule has 2 aliphatic carbocycles. The van der Waals surface area contributed by atoms with E-state index in [1.807, 2.05) is 6.07 Å². The van der Waals surface area contributed by atoms with Crippen molar-refractivity contribution in [1.29, 1.82) is 0 Å². The molecule has 19 aromatic rings. The molecule has 0 amide bonds. The molecule has 1 heteroatoms. The molecule has 0 N–H and O–H groups in total. The molecule has 0 aliphatic heterocycles. The van der Waals surface area contributed by atoms with Crippen molar-refractivity contribution in [2.24, 2.45) is 0 Å². The van der Waals surface area contributed by atoms with E-state index < -0.39 is 0 Å². The Bertz CT molecular complexity index is 6580. The number of hydrogen-bond acceptors (Lipinski definition) is 1. The second-order valence-corrected chi connectivity index (χ2v) is 29.2. The van der Waals surface area contributed by atoms with E-state index >= 15 is 0 Å². The van der Waals surface area contributed by atoms with E-state index in [0.29, 0.717) is 0 Å². The lowest BCUT2D eigenvalue weighted by atomic mass is 9.78. The van der Waals surface area contributed by atoms with Crippen molar-refractivity contribution in [3.05, 3.63) is 374 Å². The topological polar surface area (TPSA) is 13.1 Å². The van der Waals surface area contributed by atoms with Crippen LogP contribution >= 0.6 is 0 Å². The molecule has 0 spiro atoms. The Morgan fingerprint density at radius 3 is 1.17 bits per heavy atom. The minimum Gasteiger partial charge on any atom is -0.455 e. The van der Waals surface area contributed by atoms with Crippen LogP contribution in [0.4, 0.5) is 0 Å². The molecule has 103 heavy (non-hydrogen) atoms. The maximum atomic E-state index is 6.62. The van der Waals surface area contributed by atoms with Crippen LogP contribution in [0, 0.1) is 0 Å². The van der Waals surface area contributed by atoms with E-state index in [9.17, 15) is 0 Å². The molecule has 1 nitrogen and oxygen atoms in total. The fourth-order valence-electron chi connectivity index (χ4n) is 18.2. The summed E-state index contributed by atoms with van der Waals surface area (Å²) in [5.41, 5.74) is 30.1. The zero-order valence-corrected chi connectivity index (χ0v) is 57.9. The molecule has 2 aliphatic rings. The third kappa shape index (κ3) is 9.32. The van der Waals surface area contributed by atoms with Gasteiger partial charge in [0.25, 0.3) is 0 Å². The SMILES string of the molecule is CC1(C)c2ccc3ccccc3c2-c2cccc(-c3cccc(-c4c5ccccc5c(-c5cccc6c5oc5ccccc56)c5ccccc45)c3)c21.CC1(C)c2cccc(-c3ccc(-c4c5ccccc5c(-c5ccc(-c6ccccc6)cc5)c5ccccc45)cc3)c2-c2c1ccc1ccccc21. The molecular formula is C102H70O. The Morgan fingerprint density at radius 2 is 0.573 bits per heavy atom. The molecule has 0 atom stereocenters. The molecule has 484 valence electrons. The van der Waals surface area contributed by atoms with Gasteiger partial charge in [0.05, 0.1) is 0 Å². The highest BCUT2D eigenvalue weighted by Crippen LogP contribution is 2.57. The van der Waals surface area contributed by atoms with Gasteiger partial charge in [-0.05, 0) is 188 Å². The van der Waals surface area contributed by atoms with Crippen LogP contribution in [0.5, 0.6) is 0 Å². The quantitative estimate of drug-likeness (QED) is 0.145. The lowest BCUT2D eigenvalue weighted by Gasteiger charge is -2.25. The van der Waals surface area contributed by atoms with Gasteiger partial charge in [-0.15, -0.1) is 0 Å². The first-order valence-electron chi connectivity index (χ1n) is 36.1. The predicted molar refractivity (Wildman–Crippen MR) is 438 cm³/mol. The second kappa shape index (κ2) is 23.5. The Labute approximate surface area is 599 Å². The second-order valence-electron chi connectivity index (χ2n) is 29.2. The van der Waals surface area contributed by atoms with Crippen molar-refractivity contribution >= 4 is 86.6 Å². The monoisotopic (exact) mass is 1310 g/mol. The van der Waals surface area contributed by atoms with Crippen LogP contribution in [0.25, 0.3) is 187 Å². The summed E-state index contributed by atoms with van der Waals surface area (Å²) >= 11 is 0. The summed E-state index contributed by atoms with van der Waals surface area (Å²) in [7, 11) is 0. The number of furan rings is 1. The van der Waals surface area contributed by atoms with Crippen LogP contribution in [0.3, 0.4) is 0 Å². The minimum absolute atomic E-state index is 0.0634. The van der Waals surface area contributed by atoms with Crippen LogP contribution in [0.2, 0.25) is 0 Å². The van der Waals surface area contributed by atoms with Crippen molar-refractivity contribution in [2.75, 3.05) is 0 Å². The van der Waals surface area contributed by atoms with E-state index in [1.165, 1.54) is 181 Å². The Hall–Kier alpha value is -12.7. The summed E-state index contributed by atoms with van der Waals surface area (Å²) in [6.07, 6.45) is 0. The first kappa shape index (κ1) is 60.3. The van der Waals surface area contributed by atoms with Gasteiger partial charge in [0.15, 0.2) is 0 Å². The first-order valence-corrected chi connectivity index (χ1v) is 36.1. The van der Waals surface area contributed by atoms with E-state index in [-0.39, 0.29) is 10.8 Å². The van der Waals surface area contributed by atoms with Crippen molar-refractivity contribution in [1.82, 2.24) is 0 Å². The molecule has 21 rings (SSSR count). The number of rotatable bonds is 7. The highest BCUT2D eigenvalue weighted by Gasteiger charge is 2.40. The van der Waals surface area contributed by atoms with E-state index in [1.54, 1.807) is 0 Å². The zero-order valence-electron chi connectivity index (χ0n) is 57.9. The lowest BCUT2D eigenvalue weighted by molar-refractivity contribution is 0.661. The molecule has 0 saturated heterocycles. The summed E-state index contributed by atoms with van der Waals surface area (Å²) in [5, 5.41) is 17.5. The summed E-state index contributed by atoms with van der Waals surface area (Å²) in [4.78, 5) is 0. The van der Waals surface area contributed by atoms with Crippen LogP contribution in [0.1, 0.15) is 49.9 Å². The van der Waals surface area contributed by atoms with Gasteiger partial charge in [-0.1, -0.05) is 367 Å². The third-order valence-corrected chi connectivity index (χ3v) is 22.9. The zero-order chi connectivity index (χ0) is 68.7. The standard InChI is InChI=1S/C51H34O.C51H36/c1-51(2)44-29-28-31-14-3-4-17-34(31)48(44)42-25-12-23-35(49(42)51)32-15-11-16-33(30-32)46-37-19-5-7-21-39(37)47(40-22-8-6-20-38(40)46)43-26-13-24-41-36-18-9-10-27-45(36)52-50(41)43;1-51(2)45-22-12-21-40(49(45)50-39-16-7-6-15-35(39)31-32-46(50)51)36-25-29-38(30-26-36)48-43-19-10-8-17-41(43)47(42-18-9-11-20-44(42)48)37-27-23-34(24-28-37)33-13-4-3-5-14-33/h3-30H,1-2H3;3-32H,1-2H3. The van der Waals surface area contributed by atoms with Gasteiger partial charge in [0.1, 0.15) is 11.2 Å². The van der Waals surface area contributed by atoms with Gasteiger partial charge >= 0.3 is 0 Å². The Kier molecular flexibility index (Phi) is 13.7. The van der Waals surface area contributed by atoms with Gasteiger partial charge < -0.3 is 4.42 Å². The predicted octanol–water partition coefficient (Wildman–Crippen LogP) is 28.5. The first-order chi connectivity index (χ1) is 50.7. The summed E-state index contributed by atoms with van der Waals surface area (Å²) in [6, 6.07) is 130. The van der Waals surface area contributed by atoms with E-state index in [0.717, 1.165) is 27.5 Å². The number of para-hydroxylation sites is 2. The van der Waals surface area contributed by atoms with Gasteiger partial charge in [-0.2, -0.15) is 0 Å². The average Bonchev–Trinajstić information content (AvgIpc) is 1.62. The fourth-order valence-corrected chi connectivity index (χ4v) is 18.2. The average molecular weight is 1310 g/mol. The van der Waals surface area contributed by atoms with Gasteiger partial charge in [0, 0.05) is 32.7 Å². The minimum atomic E-state index is -0.139. The van der Waals surface area contributed by atoms with Crippen LogP contribution in [0.15, 0.2) is 356 Å². The Morgan fingerprint density at radius 1 is 0.194 bits per heavy atom. The van der Waals surface area contributed by atoms with E-state index in [4.69, 9.17) is 4.42 Å². The van der Waals surface area contributed by atoms with Crippen molar-refractivity contribution in [3.8, 4) is 100 Å². The van der Waals surface area contributed by atoms with Crippen LogP contribution in [-0.4, -0.2) is 0 Å². The lowest BCUT2D eigenvalue weighted by Crippen LogP contribution is -2.16. The molecule has 1 heterocycles. The summed E-state index contributed by atoms with van der Waals surface area (Å²) in [5.74, 6) is 0. The van der Waals surface area contributed by atoms with Crippen molar-refractivity contribution in [3.63, 3.8) is 0 Å².